The third-order valence-electron chi connectivity index (χ3n) is 1.46. The van der Waals surface area contributed by atoms with Crippen LogP contribution >= 0.6 is 0 Å². The molecule has 4 heteroatoms. The molecule has 0 radical (unpaired) electrons. The van der Waals surface area contributed by atoms with E-state index >= 15 is 0 Å². The Balaban J connectivity index is 3.36. The van der Waals surface area contributed by atoms with Gasteiger partial charge in [0.1, 0.15) is 0 Å². The Morgan fingerprint density at radius 2 is 2.27 bits per heavy atom. The molecule has 0 aromatic heterocycles. The van der Waals surface area contributed by atoms with E-state index < -0.39 is 0 Å². The van der Waals surface area contributed by atoms with E-state index in [9.17, 15) is 4.79 Å². The molecule has 0 saturated heterocycles. The Morgan fingerprint density at radius 3 is 2.73 bits per heavy atom. The summed E-state index contributed by atoms with van der Waals surface area (Å²) in [7, 11) is 0. The quantitative estimate of drug-likeness (QED) is 0.459. The van der Waals surface area contributed by atoms with Crippen LogP contribution in [0.3, 0.4) is 0 Å². The average molecular weight is 159 g/mol. The summed E-state index contributed by atoms with van der Waals surface area (Å²) in [6.07, 6.45) is 1.48. The van der Waals surface area contributed by atoms with Crippen LogP contribution in [0.4, 0.5) is 0 Å². The van der Waals surface area contributed by atoms with E-state index in [1.165, 1.54) is 0 Å². The summed E-state index contributed by atoms with van der Waals surface area (Å²) < 4.78 is 0. The summed E-state index contributed by atoms with van der Waals surface area (Å²) in [5.41, 5.74) is 10.7. The Kier molecular flexibility index (Phi) is 5.78. The molecule has 4 nitrogen and oxygen atoms in total. The van der Waals surface area contributed by atoms with Crippen molar-refractivity contribution in [3.63, 3.8) is 0 Å². The summed E-state index contributed by atoms with van der Waals surface area (Å²) in [6, 6.07) is -0.368. The van der Waals surface area contributed by atoms with Gasteiger partial charge in [0, 0.05) is 6.54 Å². The normalized spacial score (nSPS) is 12.6. The lowest BCUT2D eigenvalue weighted by molar-refractivity contribution is -0.122. The van der Waals surface area contributed by atoms with Crippen LogP contribution in [0.1, 0.15) is 19.8 Å². The molecular weight excluding hydrogens is 142 g/mol. The first-order valence-corrected chi connectivity index (χ1v) is 3.95. The largest absolute Gasteiger partial charge is 0.355 e. The van der Waals surface area contributed by atoms with Crippen LogP contribution in [0.25, 0.3) is 0 Å². The Hall–Kier alpha value is -0.610. The molecule has 0 bridgehead atoms. The van der Waals surface area contributed by atoms with E-state index in [0.29, 0.717) is 19.5 Å². The number of carbonyl (C=O) groups excluding carboxylic acids is 1. The lowest BCUT2D eigenvalue weighted by Crippen LogP contribution is -2.40. The van der Waals surface area contributed by atoms with Gasteiger partial charge >= 0.3 is 0 Å². The first-order chi connectivity index (χ1) is 5.22. The van der Waals surface area contributed by atoms with Crippen molar-refractivity contribution >= 4 is 5.91 Å². The highest BCUT2D eigenvalue weighted by Crippen LogP contribution is 1.84. The maximum absolute atomic E-state index is 11.0. The van der Waals surface area contributed by atoms with Gasteiger partial charge in [0.25, 0.3) is 0 Å². The molecule has 0 saturated carbocycles. The van der Waals surface area contributed by atoms with E-state index in [0.717, 1.165) is 6.42 Å². The summed E-state index contributed by atoms with van der Waals surface area (Å²) in [6.45, 7) is 3.11. The fourth-order valence-corrected chi connectivity index (χ4v) is 0.630. The first kappa shape index (κ1) is 10.4. The first-order valence-electron chi connectivity index (χ1n) is 3.95. The van der Waals surface area contributed by atoms with Gasteiger partial charge in [-0.15, -0.1) is 0 Å². The maximum Gasteiger partial charge on any atom is 0.236 e. The summed E-state index contributed by atoms with van der Waals surface area (Å²) in [5, 5.41) is 2.69. The molecule has 11 heavy (non-hydrogen) atoms. The number of nitrogens with two attached hydrogens (primary N) is 2. The highest BCUT2D eigenvalue weighted by molar-refractivity contribution is 5.81. The van der Waals surface area contributed by atoms with Crippen molar-refractivity contribution in [3.05, 3.63) is 0 Å². The molecule has 0 heterocycles. The van der Waals surface area contributed by atoms with Gasteiger partial charge in [-0.25, -0.2) is 0 Å². The van der Waals surface area contributed by atoms with Crippen molar-refractivity contribution in [2.75, 3.05) is 13.1 Å². The second kappa shape index (κ2) is 6.12. The Morgan fingerprint density at radius 1 is 1.64 bits per heavy atom. The van der Waals surface area contributed by atoms with E-state index in [4.69, 9.17) is 11.5 Å². The fraction of sp³-hybridized carbons (Fsp3) is 0.857. The van der Waals surface area contributed by atoms with Crippen molar-refractivity contribution in [1.82, 2.24) is 5.32 Å². The molecule has 1 unspecified atom stereocenters. The maximum atomic E-state index is 11.0. The SMILES string of the molecule is CCC(N)C(=O)NCCCN. The highest BCUT2D eigenvalue weighted by Gasteiger charge is 2.08. The summed E-state index contributed by atoms with van der Waals surface area (Å²) >= 11 is 0. The Labute approximate surface area is 67.3 Å². The molecule has 0 spiro atoms. The zero-order valence-electron chi connectivity index (χ0n) is 6.97. The predicted octanol–water partition coefficient (Wildman–Crippen LogP) is -0.811. The molecule has 0 fully saturated rings. The van der Waals surface area contributed by atoms with Gasteiger partial charge in [-0.2, -0.15) is 0 Å². The standard InChI is InChI=1S/C7H17N3O/c1-2-6(9)7(11)10-5-3-4-8/h6H,2-5,8-9H2,1H3,(H,10,11). The number of amides is 1. The van der Waals surface area contributed by atoms with Crippen LogP contribution < -0.4 is 16.8 Å². The van der Waals surface area contributed by atoms with Crippen LogP contribution in [0.5, 0.6) is 0 Å². The van der Waals surface area contributed by atoms with E-state index in [2.05, 4.69) is 5.32 Å². The lowest BCUT2D eigenvalue weighted by atomic mass is 10.2. The summed E-state index contributed by atoms with van der Waals surface area (Å²) in [4.78, 5) is 11.0. The number of nitrogens with one attached hydrogen (secondary N) is 1. The van der Waals surface area contributed by atoms with Crippen LogP contribution in [0.15, 0.2) is 0 Å². The van der Waals surface area contributed by atoms with E-state index in [1.807, 2.05) is 6.92 Å². The van der Waals surface area contributed by atoms with Gasteiger partial charge in [0.2, 0.25) is 5.91 Å². The minimum Gasteiger partial charge on any atom is -0.355 e. The molecule has 0 rings (SSSR count). The van der Waals surface area contributed by atoms with Crippen LogP contribution in [0.2, 0.25) is 0 Å². The molecular formula is C7H17N3O. The van der Waals surface area contributed by atoms with Gasteiger partial charge in [0.05, 0.1) is 6.04 Å². The number of rotatable bonds is 5. The van der Waals surface area contributed by atoms with Gasteiger partial charge in [0.15, 0.2) is 0 Å². The van der Waals surface area contributed by atoms with Crippen molar-refractivity contribution in [1.29, 1.82) is 0 Å². The molecule has 1 atom stereocenters. The van der Waals surface area contributed by atoms with Crippen molar-refractivity contribution < 1.29 is 4.79 Å². The minimum absolute atomic E-state index is 0.0825. The van der Waals surface area contributed by atoms with E-state index in [-0.39, 0.29) is 11.9 Å². The molecule has 0 aliphatic heterocycles. The fourth-order valence-electron chi connectivity index (χ4n) is 0.630. The van der Waals surface area contributed by atoms with Crippen LogP contribution in [0, 0.1) is 0 Å². The monoisotopic (exact) mass is 159 g/mol. The highest BCUT2D eigenvalue weighted by atomic mass is 16.2. The minimum atomic E-state index is -0.368. The zero-order chi connectivity index (χ0) is 8.69. The number of carbonyl (C=O) groups is 1. The molecule has 5 N–H and O–H groups in total. The molecule has 0 aliphatic rings. The zero-order valence-corrected chi connectivity index (χ0v) is 6.97. The molecule has 1 amide bonds. The van der Waals surface area contributed by atoms with Crippen LogP contribution in [-0.2, 0) is 4.79 Å². The van der Waals surface area contributed by atoms with Crippen molar-refractivity contribution in [2.45, 2.75) is 25.8 Å². The summed E-state index contributed by atoms with van der Waals surface area (Å²) in [5.74, 6) is -0.0825. The van der Waals surface area contributed by atoms with Gasteiger partial charge in [-0.1, -0.05) is 6.92 Å². The second-order valence-corrected chi connectivity index (χ2v) is 2.45. The van der Waals surface area contributed by atoms with Gasteiger partial charge in [-0.05, 0) is 19.4 Å². The molecule has 0 aromatic carbocycles. The van der Waals surface area contributed by atoms with Crippen molar-refractivity contribution in [2.24, 2.45) is 11.5 Å². The lowest BCUT2D eigenvalue weighted by Gasteiger charge is -2.08. The topological polar surface area (TPSA) is 81.1 Å². The Bertz CT molecular complexity index is 116. The predicted molar refractivity (Wildman–Crippen MR) is 44.9 cm³/mol. The molecule has 0 aliphatic carbocycles. The third kappa shape index (κ3) is 4.75. The smallest absolute Gasteiger partial charge is 0.236 e. The third-order valence-corrected chi connectivity index (χ3v) is 1.46. The molecule has 0 aromatic rings. The van der Waals surface area contributed by atoms with Crippen molar-refractivity contribution in [3.8, 4) is 0 Å². The van der Waals surface area contributed by atoms with Gasteiger partial charge < -0.3 is 16.8 Å². The number of hydrogen-bond acceptors (Lipinski definition) is 3. The second-order valence-electron chi connectivity index (χ2n) is 2.45. The molecule has 66 valence electrons. The van der Waals surface area contributed by atoms with Crippen LogP contribution in [-0.4, -0.2) is 25.0 Å². The average Bonchev–Trinajstić information content (AvgIpc) is 2.03. The van der Waals surface area contributed by atoms with Gasteiger partial charge in [-0.3, -0.25) is 4.79 Å². The number of hydrogen-bond donors (Lipinski definition) is 3. The van der Waals surface area contributed by atoms with E-state index in [1.54, 1.807) is 0 Å².